The molecule has 2 heterocycles. The first-order valence-electron chi connectivity index (χ1n) is 16.1. The van der Waals surface area contributed by atoms with Crippen LogP contribution in [0.2, 0.25) is 0 Å². The van der Waals surface area contributed by atoms with E-state index < -0.39 is 11.9 Å². The lowest BCUT2D eigenvalue weighted by molar-refractivity contribution is -0.132. The molecule has 1 aliphatic carbocycles. The zero-order valence-electron chi connectivity index (χ0n) is 29.6. The van der Waals surface area contributed by atoms with Crippen molar-refractivity contribution in [2.75, 3.05) is 6.54 Å². The molecule has 0 fully saturated rings. The summed E-state index contributed by atoms with van der Waals surface area (Å²) < 4.78 is 4.02. The molecule has 2 N–H and O–H groups in total. The van der Waals surface area contributed by atoms with Gasteiger partial charge in [-0.25, -0.2) is 9.59 Å². The fraction of sp³-hybridized carbons (Fsp3) is 0.195. The summed E-state index contributed by atoms with van der Waals surface area (Å²) in [5.41, 5.74) is 4.02. The molecule has 0 atom stereocenters. The van der Waals surface area contributed by atoms with Crippen molar-refractivity contribution in [3.8, 4) is 6.07 Å². The Hall–Kier alpha value is -4.53. The summed E-state index contributed by atoms with van der Waals surface area (Å²) in [6, 6.07) is 5.89. The van der Waals surface area contributed by atoms with Crippen LogP contribution in [0.25, 0.3) is 24.8 Å². The number of hydrogen-bond acceptors (Lipinski definition) is 8. The Morgan fingerprint density at radius 2 is 1.76 bits per heavy atom. The minimum Gasteiger partial charge on any atom is -0.478 e. The summed E-state index contributed by atoms with van der Waals surface area (Å²) in [5.74, 6) is -2.18. The van der Waals surface area contributed by atoms with Crippen LogP contribution in [-0.2, 0) is 9.59 Å². The predicted octanol–water partition coefficient (Wildman–Crippen LogP) is 8.39. The van der Waals surface area contributed by atoms with Gasteiger partial charge < -0.3 is 15.1 Å². The number of thioether (sulfide) groups is 2. The molecule has 3 rings (SSSR count). The van der Waals surface area contributed by atoms with Crippen molar-refractivity contribution in [2.24, 2.45) is 0 Å². The summed E-state index contributed by atoms with van der Waals surface area (Å²) in [6.07, 6.45) is 29.4. The fourth-order valence-corrected chi connectivity index (χ4v) is 8.96. The maximum atomic E-state index is 11.5. The van der Waals surface area contributed by atoms with Crippen LogP contribution in [0, 0.1) is 11.3 Å². The van der Waals surface area contributed by atoms with Gasteiger partial charge in [-0.05, 0) is 107 Å². The van der Waals surface area contributed by atoms with Gasteiger partial charge in [0.25, 0.3) is 0 Å². The average Bonchev–Trinajstić information content (AvgIpc) is 3.53. The van der Waals surface area contributed by atoms with Crippen LogP contribution in [0.1, 0.15) is 48.0 Å². The number of carboxylic acids is 2. The van der Waals surface area contributed by atoms with Crippen LogP contribution in [-0.4, -0.2) is 33.6 Å². The second-order valence-electron chi connectivity index (χ2n) is 11.0. The minimum atomic E-state index is -1.22. The maximum Gasteiger partial charge on any atom is 0.347 e. The second-order valence-corrected chi connectivity index (χ2v) is 15.8. The quantitative estimate of drug-likeness (QED) is 0.0653. The topological polar surface area (TPSA) is 102 Å². The largest absolute Gasteiger partial charge is 0.478 e. The zero-order chi connectivity index (χ0) is 37.5. The van der Waals surface area contributed by atoms with Crippen LogP contribution in [0.4, 0.5) is 0 Å². The van der Waals surface area contributed by atoms with Gasteiger partial charge in [0.15, 0.2) is 0 Å². The van der Waals surface area contributed by atoms with Crippen molar-refractivity contribution in [3.05, 3.63) is 135 Å². The molecule has 0 aromatic carbocycles. The number of carboxylic acid groups (broad SMARTS) is 2. The highest BCUT2D eigenvalue weighted by Gasteiger charge is 2.14. The molecular formula is C41H42N2O4S4. The summed E-state index contributed by atoms with van der Waals surface area (Å²) in [6.45, 7) is 16.3. The number of nitriles is 1. The lowest BCUT2D eigenvalue weighted by Crippen LogP contribution is -2.20. The van der Waals surface area contributed by atoms with Crippen molar-refractivity contribution in [3.63, 3.8) is 0 Å². The molecule has 0 bridgehead atoms. The van der Waals surface area contributed by atoms with E-state index in [1.807, 2.05) is 45.9 Å². The third kappa shape index (κ3) is 12.3. The summed E-state index contributed by atoms with van der Waals surface area (Å²) in [7, 11) is 0. The number of carbonyl (C=O) groups is 2. The molecule has 0 amide bonds. The number of thiophene rings is 2. The first kappa shape index (κ1) is 40.9. The number of hydrogen-bond donors (Lipinski definition) is 2. The third-order valence-corrected chi connectivity index (χ3v) is 11.7. The molecule has 0 saturated heterocycles. The van der Waals surface area contributed by atoms with E-state index in [4.69, 9.17) is 5.11 Å². The van der Waals surface area contributed by atoms with E-state index in [-0.39, 0.29) is 5.57 Å². The highest BCUT2D eigenvalue weighted by Crippen LogP contribution is 2.27. The summed E-state index contributed by atoms with van der Waals surface area (Å²) in [4.78, 5) is 27.8. The first-order chi connectivity index (χ1) is 24.4. The standard InChI is InChI=1S/C41H42N2O4S4/c1-8-12-20-43(33-15-13-14-31(17-19-33)23-34-24-38(29(7)49-34)48-27(5)21-40(44)45)32(10-3)18-16-30(9-2)22-35-25-39(37(11-4)51-35)50-28(6)36(26-42)41(46)47/h8-13,15-19,21-25H,7,14,20H2,1-6H3,(H,44,45)(H,46,47)/b12-8-,18-16-,27-21-,30-9+,32-10+,34-23+,35-22-,36-28-,37-11+. The summed E-state index contributed by atoms with van der Waals surface area (Å²) in [5, 5.41) is 27.7. The van der Waals surface area contributed by atoms with Gasteiger partial charge in [-0.2, -0.15) is 5.26 Å². The first-order valence-corrected chi connectivity index (χ1v) is 19.4. The molecule has 2 aromatic rings. The smallest absolute Gasteiger partial charge is 0.347 e. The molecule has 0 radical (unpaired) electrons. The molecule has 0 saturated carbocycles. The van der Waals surface area contributed by atoms with E-state index in [0.717, 1.165) is 56.9 Å². The molecule has 264 valence electrons. The molecule has 0 unspecified atom stereocenters. The molecule has 1 aliphatic rings. The number of nitrogens with zero attached hydrogens (tertiary/aromatic N) is 2. The molecule has 6 nitrogen and oxygen atoms in total. The van der Waals surface area contributed by atoms with E-state index in [0.29, 0.717) is 16.4 Å². The Labute approximate surface area is 316 Å². The second kappa shape index (κ2) is 20.4. The van der Waals surface area contributed by atoms with Crippen LogP contribution in [0.3, 0.4) is 0 Å². The highest BCUT2D eigenvalue weighted by molar-refractivity contribution is 8.03. The maximum absolute atomic E-state index is 11.5. The van der Waals surface area contributed by atoms with Crippen LogP contribution < -0.4 is 18.1 Å². The van der Waals surface area contributed by atoms with E-state index in [9.17, 15) is 20.0 Å². The monoisotopic (exact) mass is 754 g/mol. The van der Waals surface area contributed by atoms with Gasteiger partial charge in [0.05, 0.1) is 0 Å². The SMILES string of the molecule is C=c1s/c(=C/C2=CC=C(N(C/C=C\C)C(/C=C\C(\C=c3\cc(S/C(C)=C(/C#N)C(=O)O)/c(=C\C)s3)=C/C)=C/C)C=CC2)cc1S/C(C)=C\C(=O)O. The van der Waals surface area contributed by atoms with Crippen molar-refractivity contribution < 1.29 is 19.8 Å². The van der Waals surface area contributed by atoms with Gasteiger partial charge in [0.2, 0.25) is 0 Å². The molecular weight excluding hydrogens is 713 g/mol. The Balaban J connectivity index is 1.92. The van der Waals surface area contributed by atoms with Crippen molar-refractivity contribution >= 4 is 82.9 Å². The van der Waals surface area contributed by atoms with Gasteiger partial charge in [-0.1, -0.05) is 78.7 Å². The number of allylic oxidation sites excluding steroid dienone is 13. The van der Waals surface area contributed by atoms with E-state index in [1.54, 1.807) is 42.6 Å². The van der Waals surface area contributed by atoms with Gasteiger partial charge in [0.1, 0.15) is 11.6 Å². The lowest BCUT2D eigenvalue weighted by Gasteiger charge is -2.25. The van der Waals surface area contributed by atoms with Crippen molar-refractivity contribution in [2.45, 2.75) is 57.8 Å². The van der Waals surface area contributed by atoms with Gasteiger partial charge >= 0.3 is 11.9 Å². The Morgan fingerprint density at radius 3 is 2.39 bits per heavy atom. The van der Waals surface area contributed by atoms with Gasteiger partial charge in [-0.15, -0.1) is 22.7 Å². The Bertz CT molecular complexity index is 2210. The van der Waals surface area contributed by atoms with Gasteiger partial charge in [-0.3, -0.25) is 0 Å². The Kier molecular flexibility index (Phi) is 16.3. The normalized spacial score (nSPS) is 16.0. The molecule has 2 aromatic heterocycles. The molecule has 0 spiro atoms. The fourth-order valence-electron chi connectivity index (χ4n) is 4.81. The van der Waals surface area contributed by atoms with Crippen LogP contribution in [0.15, 0.2) is 127 Å². The summed E-state index contributed by atoms with van der Waals surface area (Å²) >= 11 is 5.92. The van der Waals surface area contributed by atoms with Crippen LogP contribution >= 0.6 is 46.2 Å². The number of aliphatic carboxylic acids is 2. The zero-order valence-corrected chi connectivity index (χ0v) is 32.9. The molecule has 10 heteroatoms. The molecule has 0 aliphatic heterocycles. The highest BCUT2D eigenvalue weighted by atomic mass is 32.2. The van der Waals surface area contributed by atoms with E-state index in [1.165, 1.54) is 29.6 Å². The third-order valence-electron chi connectivity index (χ3n) is 7.30. The van der Waals surface area contributed by atoms with Gasteiger partial charge in [0, 0.05) is 56.8 Å². The van der Waals surface area contributed by atoms with E-state index >= 15 is 0 Å². The van der Waals surface area contributed by atoms with Crippen LogP contribution in [0.5, 0.6) is 0 Å². The Morgan fingerprint density at radius 1 is 1.02 bits per heavy atom. The number of rotatable bonds is 14. The average molecular weight is 755 g/mol. The van der Waals surface area contributed by atoms with Crippen molar-refractivity contribution in [1.29, 1.82) is 5.26 Å². The minimum absolute atomic E-state index is 0.247. The molecule has 51 heavy (non-hydrogen) atoms. The van der Waals surface area contributed by atoms with Crippen molar-refractivity contribution in [1.82, 2.24) is 4.90 Å². The predicted molar refractivity (Wildman–Crippen MR) is 219 cm³/mol. The lowest BCUT2D eigenvalue weighted by atomic mass is 10.1. The van der Waals surface area contributed by atoms with E-state index in [2.05, 4.69) is 84.4 Å².